The van der Waals surface area contributed by atoms with Crippen molar-refractivity contribution >= 4 is 11.6 Å². The molecule has 0 aliphatic heterocycles. The number of benzene rings is 1. The molecule has 1 amide bonds. The second kappa shape index (κ2) is 4.74. The van der Waals surface area contributed by atoms with Gasteiger partial charge in [0.15, 0.2) is 0 Å². The third-order valence-electron chi connectivity index (χ3n) is 2.66. The number of nitrogens with two attached hydrogens (primary N) is 1. The standard InChI is InChI=1S/C13H15N3O/c1-9-6-11(13(14)17)2-3-12(9)16-8-10-4-5-15-7-10/h2-7,15-16H,8H2,1H3,(H2,14,17). The Hall–Kier alpha value is -2.23. The molecule has 0 bridgehead atoms. The molecular formula is C13H15N3O. The van der Waals surface area contributed by atoms with Crippen molar-refractivity contribution in [2.24, 2.45) is 5.73 Å². The van der Waals surface area contributed by atoms with Gasteiger partial charge in [0.25, 0.3) is 0 Å². The Kier molecular flexibility index (Phi) is 3.14. The lowest BCUT2D eigenvalue weighted by molar-refractivity contribution is 0.1000. The summed E-state index contributed by atoms with van der Waals surface area (Å²) in [5.74, 6) is -0.398. The number of aromatic amines is 1. The minimum atomic E-state index is -0.398. The first-order valence-corrected chi connectivity index (χ1v) is 5.43. The maximum atomic E-state index is 11.0. The largest absolute Gasteiger partial charge is 0.381 e. The zero-order chi connectivity index (χ0) is 12.3. The summed E-state index contributed by atoms with van der Waals surface area (Å²) in [5, 5.41) is 3.31. The molecule has 0 saturated carbocycles. The minimum absolute atomic E-state index is 0.398. The van der Waals surface area contributed by atoms with Crippen LogP contribution in [-0.2, 0) is 6.54 Å². The number of nitrogens with one attached hydrogen (secondary N) is 2. The number of primary amides is 1. The lowest BCUT2D eigenvalue weighted by Crippen LogP contribution is -2.11. The fourth-order valence-corrected chi connectivity index (χ4v) is 1.68. The number of hydrogen-bond acceptors (Lipinski definition) is 2. The van der Waals surface area contributed by atoms with E-state index in [9.17, 15) is 4.79 Å². The van der Waals surface area contributed by atoms with Crippen molar-refractivity contribution in [3.05, 3.63) is 53.3 Å². The molecule has 4 heteroatoms. The van der Waals surface area contributed by atoms with Gasteiger partial charge < -0.3 is 16.0 Å². The molecule has 17 heavy (non-hydrogen) atoms. The van der Waals surface area contributed by atoms with Gasteiger partial charge in [-0.05, 0) is 42.3 Å². The number of carbonyl (C=O) groups is 1. The smallest absolute Gasteiger partial charge is 0.248 e. The summed E-state index contributed by atoms with van der Waals surface area (Å²) < 4.78 is 0. The van der Waals surface area contributed by atoms with Gasteiger partial charge in [0.1, 0.15) is 0 Å². The fraction of sp³-hybridized carbons (Fsp3) is 0.154. The summed E-state index contributed by atoms with van der Waals surface area (Å²) in [6.45, 7) is 2.70. The maximum Gasteiger partial charge on any atom is 0.248 e. The molecule has 1 aromatic heterocycles. The zero-order valence-electron chi connectivity index (χ0n) is 9.66. The Balaban J connectivity index is 2.09. The number of rotatable bonds is 4. The van der Waals surface area contributed by atoms with Crippen molar-refractivity contribution in [3.8, 4) is 0 Å². The highest BCUT2D eigenvalue weighted by Crippen LogP contribution is 2.17. The molecule has 1 heterocycles. The summed E-state index contributed by atoms with van der Waals surface area (Å²) in [6.07, 6.45) is 3.83. The maximum absolute atomic E-state index is 11.0. The van der Waals surface area contributed by atoms with E-state index in [1.165, 1.54) is 5.56 Å². The molecule has 0 unspecified atom stereocenters. The predicted molar refractivity (Wildman–Crippen MR) is 67.8 cm³/mol. The number of aromatic nitrogens is 1. The van der Waals surface area contributed by atoms with Gasteiger partial charge in [0.05, 0.1) is 0 Å². The van der Waals surface area contributed by atoms with E-state index in [2.05, 4.69) is 10.3 Å². The Morgan fingerprint density at radius 2 is 2.24 bits per heavy atom. The number of anilines is 1. The SMILES string of the molecule is Cc1cc(C(N)=O)ccc1NCc1cc[nH]c1. The third kappa shape index (κ3) is 2.66. The van der Waals surface area contributed by atoms with Crippen molar-refractivity contribution in [1.82, 2.24) is 4.98 Å². The van der Waals surface area contributed by atoms with Crippen LogP contribution in [0.4, 0.5) is 5.69 Å². The quantitative estimate of drug-likeness (QED) is 0.750. The Labute approximate surface area is 99.8 Å². The third-order valence-corrected chi connectivity index (χ3v) is 2.66. The topological polar surface area (TPSA) is 70.9 Å². The normalized spacial score (nSPS) is 10.2. The lowest BCUT2D eigenvalue weighted by Gasteiger charge is -2.09. The van der Waals surface area contributed by atoms with Gasteiger partial charge in [-0.15, -0.1) is 0 Å². The van der Waals surface area contributed by atoms with Gasteiger partial charge in [-0.2, -0.15) is 0 Å². The second-order valence-electron chi connectivity index (χ2n) is 3.97. The Morgan fingerprint density at radius 3 is 2.82 bits per heavy atom. The van der Waals surface area contributed by atoms with Crippen LogP contribution in [0.1, 0.15) is 21.5 Å². The average molecular weight is 229 g/mol. The van der Waals surface area contributed by atoms with Crippen molar-refractivity contribution in [3.63, 3.8) is 0 Å². The van der Waals surface area contributed by atoms with Crippen molar-refractivity contribution in [2.75, 3.05) is 5.32 Å². The average Bonchev–Trinajstić information content (AvgIpc) is 2.80. The Morgan fingerprint density at radius 1 is 1.41 bits per heavy atom. The lowest BCUT2D eigenvalue weighted by atomic mass is 10.1. The van der Waals surface area contributed by atoms with Crippen molar-refractivity contribution in [2.45, 2.75) is 13.5 Å². The van der Waals surface area contributed by atoms with Crippen LogP contribution in [0.3, 0.4) is 0 Å². The molecule has 0 fully saturated rings. The van der Waals surface area contributed by atoms with Gasteiger partial charge in [0.2, 0.25) is 5.91 Å². The van der Waals surface area contributed by atoms with Crippen LogP contribution in [0.25, 0.3) is 0 Å². The highest BCUT2D eigenvalue weighted by Gasteiger charge is 2.03. The van der Waals surface area contributed by atoms with Crippen LogP contribution in [0.2, 0.25) is 0 Å². The van der Waals surface area contributed by atoms with E-state index in [-0.39, 0.29) is 0 Å². The molecule has 2 rings (SSSR count). The van der Waals surface area contributed by atoms with Crippen LogP contribution < -0.4 is 11.1 Å². The van der Waals surface area contributed by atoms with Gasteiger partial charge in [0, 0.05) is 30.2 Å². The fourth-order valence-electron chi connectivity index (χ4n) is 1.68. The Bertz CT molecular complexity index is 517. The number of H-pyrrole nitrogens is 1. The molecule has 0 spiro atoms. The number of carbonyl (C=O) groups excluding carboxylic acids is 1. The summed E-state index contributed by atoms with van der Waals surface area (Å²) in [6, 6.07) is 7.42. The first-order chi connectivity index (χ1) is 8.16. The molecule has 0 radical (unpaired) electrons. The molecule has 4 nitrogen and oxygen atoms in total. The number of amides is 1. The van der Waals surface area contributed by atoms with Crippen LogP contribution in [-0.4, -0.2) is 10.9 Å². The van der Waals surface area contributed by atoms with Crippen molar-refractivity contribution in [1.29, 1.82) is 0 Å². The zero-order valence-corrected chi connectivity index (χ0v) is 9.66. The predicted octanol–water partition coefficient (Wildman–Crippen LogP) is 2.03. The summed E-state index contributed by atoms with van der Waals surface area (Å²) in [5.41, 5.74) is 8.96. The van der Waals surface area contributed by atoms with Gasteiger partial charge in [-0.3, -0.25) is 4.79 Å². The highest BCUT2D eigenvalue weighted by atomic mass is 16.1. The van der Waals surface area contributed by atoms with E-state index in [0.29, 0.717) is 5.56 Å². The molecule has 0 aliphatic rings. The van der Waals surface area contributed by atoms with Crippen LogP contribution in [0, 0.1) is 6.92 Å². The minimum Gasteiger partial charge on any atom is -0.381 e. The molecule has 0 atom stereocenters. The second-order valence-corrected chi connectivity index (χ2v) is 3.97. The van der Waals surface area contributed by atoms with Crippen LogP contribution in [0.15, 0.2) is 36.7 Å². The molecule has 0 saturated heterocycles. The van der Waals surface area contributed by atoms with Gasteiger partial charge in [-0.1, -0.05) is 0 Å². The van der Waals surface area contributed by atoms with Gasteiger partial charge >= 0.3 is 0 Å². The van der Waals surface area contributed by atoms with E-state index in [1.54, 1.807) is 12.1 Å². The molecular weight excluding hydrogens is 214 g/mol. The molecule has 1 aromatic carbocycles. The van der Waals surface area contributed by atoms with E-state index >= 15 is 0 Å². The van der Waals surface area contributed by atoms with Gasteiger partial charge in [-0.25, -0.2) is 0 Å². The summed E-state index contributed by atoms with van der Waals surface area (Å²) in [4.78, 5) is 14.0. The summed E-state index contributed by atoms with van der Waals surface area (Å²) in [7, 11) is 0. The van der Waals surface area contributed by atoms with Crippen LogP contribution in [0.5, 0.6) is 0 Å². The van der Waals surface area contributed by atoms with E-state index < -0.39 is 5.91 Å². The summed E-state index contributed by atoms with van der Waals surface area (Å²) >= 11 is 0. The first-order valence-electron chi connectivity index (χ1n) is 5.43. The monoisotopic (exact) mass is 229 g/mol. The van der Waals surface area contributed by atoms with Crippen molar-refractivity contribution < 1.29 is 4.79 Å². The molecule has 0 aliphatic carbocycles. The first kappa shape index (κ1) is 11.3. The molecule has 4 N–H and O–H groups in total. The van der Waals surface area contributed by atoms with E-state index in [4.69, 9.17) is 5.73 Å². The number of hydrogen-bond donors (Lipinski definition) is 3. The van der Waals surface area contributed by atoms with Crippen LogP contribution >= 0.6 is 0 Å². The van der Waals surface area contributed by atoms with E-state index in [1.807, 2.05) is 31.5 Å². The molecule has 2 aromatic rings. The van der Waals surface area contributed by atoms with E-state index in [0.717, 1.165) is 17.8 Å². The number of aryl methyl sites for hydroxylation is 1. The highest BCUT2D eigenvalue weighted by molar-refractivity contribution is 5.93. The molecule has 88 valence electrons.